The molecule has 27 heavy (non-hydrogen) atoms. The molecule has 0 aliphatic heterocycles. The molecule has 1 aliphatic carbocycles. The van der Waals surface area contributed by atoms with Crippen LogP contribution in [0.1, 0.15) is 23.3 Å². The van der Waals surface area contributed by atoms with Crippen LogP contribution in [0.3, 0.4) is 0 Å². The molecule has 0 unspecified atom stereocenters. The fourth-order valence-corrected chi connectivity index (χ4v) is 4.46. The minimum Gasteiger partial charge on any atom is -0.456 e. The van der Waals surface area contributed by atoms with E-state index in [9.17, 15) is 0 Å². The highest BCUT2D eigenvalue weighted by Gasteiger charge is 2.21. The SMILES string of the molecule is Cc1cc(-c2cccc3oc4ccccc4c23)c2c3c(oc2c1)C=CCC3. The quantitative estimate of drug-likeness (QED) is 0.318. The maximum absolute atomic E-state index is 6.20. The Balaban J connectivity index is 1.79. The van der Waals surface area contributed by atoms with Crippen LogP contribution in [0.4, 0.5) is 0 Å². The lowest BCUT2D eigenvalue weighted by Crippen LogP contribution is -1.91. The topological polar surface area (TPSA) is 26.3 Å². The molecule has 0 saturated heterocycles. The van der Waals surface area contributed by atoms with Crippen molar-refractivity contribution >= 4 is 39.0 Å². The monoisotopic (exact) mass is 350 g/mol. The fourth-order valence-electron chi connectivity index (χ4n) is 4.46. The maximum atomic E-state index is 6.20. The molecule has 2 heterocycles. The number of fused-ring (bicyclic) bond motifs is 6. The van der Waals surface area contributed by atoms with E-state index in [1.54, 1.807) is 0 Å². The second-order valence-electron chi connectivity index (χ2n) is 7.35. The summed E-state index contributed by atoms with van der Waals surface area (Å²) in [6.07, 6.45) is 6.40. The predicted molar refractivity (Wildman–Crippen MR) is 111 cm³/mol. The zero-order chi connectivity index (χ0) is 18.0. The van der Waals surface area contributed by atoms with Gasteiger partial charge in [0.2, 0.25) is 0 Å². The molecule has 0 radical (unpaired) electrons. The van der Waals surface area contributed by atoms with Gasteiger partial charge in [0.15, 0.2) is 0 Å². The number of hydrogen-bond donors (Lipinski definition) is 0. The Morgan fingerprint density at radius 1 is 0.778 bits per heavy atom. The van der Waals surface area contributed by atoms with Crippen LogP contribution in [0.15, 0.2) is 69.5 Å². The molecule has 1 aliphatic rings. The third-order valence-electron chi connectivity index (χ3n) is 5.59. The average Bonchev–Trinajstić information content (AvgIpc) is 3.25. The summed E-state index contributed by atoms with van der Waals surface area (Å²) in [5, 5.41) is 3.59. The molecule has 3 aromatic carbocycles. The minimum atomic E-state index is 0.931. The summed E-state index contributed by atoms with van der Waals surface area (Å²) in [5.74, 6) is 1.01. The molecule has 5 aromatic rings. The average molecular weight is 350 g/mol. The van der Waals surface area contributed by atoms with Crippen molar-refractivity contribution in [2.45, 2.75) is 19.8 Å². The van der Waals surface area contributed by atoms with Crippen molar-refractivity contribution in [2.24, 2.45) is 0 Å². The molecule has 6 rings (SSSR count). The Kier molecular flexibility index (Phi) is 2.96. The summed E-state index contributed by atoms with van der Waals surface area (Å²) in [6.45, 7) is 2.13. The molecule has 0 amide bonds. The van der Waals surface area contributed by atoms with E-state index in [0.717, 1.165) is 40.7 Å². The molecule has 0 saturated carbocycles. The van der Waals surface area contributed by atoms with E-state index in [-0.39, 0.29) is 0 Å². The molecule has 0 fully saturated rings. The first-order chi connectivity index (χ1) is 13.3. The molecule has 0 bridgehead atoms. The van der Waals surface area contributed by atoms with Gasteiger partial charge in [0.05, 0.1) is 0 Å². The van der Waals surface area contributed by atoms with Crippen molar-refractivity contribution in [3.05, 3.63) is 77.6 Å². The van der Waals surface area contributed by atoms with Crippen LogP contribution in [0.25, 0.3) is 50.1 Å². The smallest absolute Gasteiger partial charge is 0.136 e. The molecule has 0 atom stereocenters. The van der Waals surface area contributed by atoms with Crippen LogP contribution in [-0.2, 0) is 6.42 Å². The second-order valence-corrected chi connectivity index (χ2v) is 7.35. The van der Waals surface area contributed by atoms with Gasteiger partial charge < -0.3 is 8.83 Å². The summed E-state index contributed by atoms with van der Waals surface area (Å²) >= 11 is 0. The number of para-hydroxylation sites is 1. The van der Waals surface area contributed by atoms with Crippen LogP contribution in [0.2, 0.25) is 0 Å². The van der Waals surface area contributed by atoms with Gasteiger partial charge in [-0.1, -0.05) is 42.5 Å². The summed E-state index contributed by atoms with van der Waals surface area (Å²) < 4.78 is 12.3. The number of furan rings is 2. The highest BCUT2D eigenvalue weighted by Crippen LogP contribution is 2.43. The first-order valence-electron chi connectivity index (χ1n) is 9.43. The molecule has 2 aromatic heterocycles. The third kappa shape index (κ3) is 2.07. The number of aryl methyl sites for hydroxylation is 2. The highest BCUT2D eigenvalue weighted by molar-refractivity contribution is 6.15. The van der Waals surface area contributed by atoms with Gasteiger partial charge in [0, 0.05) is 21.7 Å². The van der Waals surface area contributed by atoms with E-state index >= 15 is 0 Å². The van der Waals surface area contributed by atoms with E-state index in [1.807, 2.05) is 12.1 Å². The second kappa shape index (κ2) is 5.37. The first kappa shape index (κ1) is 14.9. The van der Waals surface area contributed by atoms with Crippen LogP contribution in [-0.4, -0.2) is 0 Å². The van der Waals surface area contributed by atoms with Crippen molar-refractivity contribution in [3.8, 4) is 11.1 Å². The van der Waals surface area contributed by atoms with Crippen molar-refractivity contribution in [1.29, 1.82) is 0 Å². The van der Waals surface area contributed by atoms with E-state index in [2.05, 4.69) is 61.5 Å². The summed E-state index contributed by atoms with van der Waals surface area (Å²) in [5.41, 5.74) is 7.82. The van der Waals surface area contributed by atoms with Crippen molar-refractivity contribution in [3.63, 3.8) is 0 Å². The van der Waals surface area contributed by atoms with Crippen LogP contribution >= 0.6 is 0 Å². The molecule has 2 nitrogen and oxygen atoms in total. The lowest BCUT2D eigenvalue weighted by atomic mass is 9.91. The van der Waals surface area contributed by atoms with Gasteiger partial charge in [0.1, 0.15) is 22.5 Å². The van der Waals surface area contributed by atoms with Gasteiger partial charge in [-0.2, -0.15) is 0 Å². The van der Waals surface area contributed by atoms with Crippen LogP contribution < -0.4 is 0 Å². The highest BCUT2D eigenvalue weighted by atomic mass is 16.3. The number of allylic oxidation sites excluding steroid dienone is 1. The summed E-state index contributed by atoms with van der Waals surface area (Å²) in [4.78, 5) is 0. The zero-order valence-electron chi connectivity index (χ0n) is 15.1. The Morgan fingerprint density at radius 3 is 2.63 bits per heavy atom. The number of hydrogen-bond acceptors (Lipinski definition) is 2. The van der Waals surface area contributed by atoms with Gasteiger partial charge in [-0.15, -0.1) is 0 Å². The van der Waals surface area contributed by atoms with Gasteiger partial charge in [0.25, 0.3) is 0 Å². The van der Waals surface area contributed by atoms with Crippen molar-refractivity contribution < 1.29 is 8.83 Å². The fraction of sp³-hybridized carbons (Fsp3) is 0.120. The van der Waals surface area contributed by atoms with Gasteiger partial charge in [-0.25, -0.2) is 0 Å². The summed E-state index contributed by atoms with van der Waals surface area (Å²) in [6, 6.07) is 19.1. The first-order valence-corrected chi connectivity index (χ1v) is 9.43. The van der Waals surface area contributed by atoms with Crippen LogP contribution in [0, 0.1) is 6.92 Å². The Bertz CT molecular complexity index is 1380. The van der Waals surface area contributed by atoms with Crippen molar-refractivity contribution in [2.75, 3.05) is 0 Å². The Morgan fingerprint density at radius 2 is 1.67 bits per heavy atom. The number of rotatable bonds is 1. The molecule has 130 valence electrons. The van der Waals surface area contributed by atoms with Gasteiger partial charge >= 0.3 is 0 Å². The lowest BCUT2D eigenvalue weighted by Gasteiger charge is -2.10. The molecular weight excluding hydrogens is 332 g/mol. The maximum Gasteiger partial charge on any atom is 0.136 e. The largest absolute Gasteiger partial charge is 0.456 e. The van der Waals surface area contributed by atoms with Crippen LogP contribution in [0.5, 0.6) is 0 Å². The standard InChI is InChI=1S/C25H18O2/c1-15-13-19(25-18-8-3-5-11-21(18)27-23(25)14-15)16-9-6-12-22-24(16)17-7-2-4-10-20(17)26-22/h2,4-7,9-14H,3,8H2,1H3. The predicted octanol–water partition coefficient (Wildman–Crippen LogP) is 7.27. The minimum absolute atomic E-state index is 0.931. The summed E-state index contributed by atoms with van der Waals surface area (Å²) in [7, 11) is 0. The zero-order valence-corrected chi connectivity index (χ0v) is 15.1. The molecule has 0 N–H and O–H groups in total. The van der Waals surface area contributed by atoms with Gasteiger partial charge in [-0.05, 0) is 60.7 Å². The molecule has 0 spiro atoms. The van der Waals surface area contributed by atoms with E-state index < -0.39 is 0 Å². The van der Waals surface area contributed by atoms with E-state index in [0.29, 0.717) is 0 Å². The normalized spacial score (nSPS) is 13.7. The Hall–Kier alpha value is -3.26. The Labute approximate surface area is 156 Å². The lowest BCUT2D eigenvalue weighted by molar-refractivity contribution is 0.595. The van der Waals surface area contributed by atoms with Gasteiger partial charge in [-0.3, -0.25) is 0 Å². The molecule has 2 heteroatoms. The van der Waals surface area contributed by atoms with E-state index in [1.165, 1.54) is 33.0 Å². The third-order valence-corrected chi connectivity index (χ3v) is 5.59. The van der Waals surface area contributed by atoms with Crippen molar-refractivity contribution in [1.82, 2.24) is 0 Å². The molecular formula is C25H18O2. The number of benzene rings is 3. The van der Waals surface area contributed by atoms with E-state index in [4.69, 9.17) is 8.83 Å².